The number of sulfonamides is 1. The molecule has 1 amide bonds. The average molecular weight is 509 g/mol. The maximum atomic E-state index is 12.6. The minimum Gasteiger partial charge on any atom is -0.348 e. The van der Waals surface area contributed by atoms with Gasteiger partial charge in [-0.3, -0.25) is 9.10 Å². The fourth-order valence-corrected chi connectivity index (χ4v) is 4.73. The Morgan fingerprint density at radius 2 is 1.71 bits per heavy atom. The van der Waals surface area contributed by atoms with Crippen molar-refractivity contribution in [3.05, 3.63) is 113 Å². The Kier molecular flexibility index (Phi) is 7.23. The number of nitrogens with zero attached hydrogens (tertiary/aromatic N) is 3. The third-order valence-corrected chi connectivity index (χ3v) is 6.91. The first-order valence-corrected chi connectivity index (χ1v) is 13.1. The number of anilines is 1. The van der Waals surface area contributed by atoms with E-state index in [1.807, 2.05) is 42.0 Å². The van der Waals surface area contributed by atoms with Crippen molar-refractivity contribution < 1.29 is 13.2 Å². The van der Waals surface area contributed by atoms with Crippen molar-refractivity contribution in [1.29, 1.82) is 0 Å². The van der Waals surface area contributed by atoms with Crippen LogP contribution in [0.1, 0.15) is 27.3 Å². The number of hydrogen-bond donors (Lipinski definition) is 1. The SMILES string of the molecule is Cc1nccn1-c1ccc(CNC(=O)c2ccc(CN(c3cccc(Cl)c3)S(C)(=O)=O)cc2)cc1. The minimum absolute atomic E-state index is 0.129. The molecule has 1 aromatic heterocycles. The summed E-state index contributed by atoms with van der Waals surface area (Å²) in [4.78, 5) is 16.9. The molecule has 0 atom stereocenters. The first-order chi connectivity index (χ1) is 16.7. The van der Waals surface area contributed by atoms with Gasteiger partial charge in [0.05, 0.1) is 18.5 Å². The summed E-state index contributed by atoms with van der Waals surface area (Å²) in [6, 6.07) is 21.5. The molecule has 0 unspecified atom stereocenters. The predicted octanol–water partition coefficient (Wildman–Crippen LogP) is 4.73. The van der Waals surface area contributed by atoms with Crippen LogP contribution in [0.2, 0.25) is 5.02 Å². The molecule has 1 N–H and O–H groups in total. The van der Waals surface area contributed by atoms with E-state index in [0.29, 0.717) is 22.8 Å². The van der Waals surface area contributed by atoms with Gasteiger partial charge >= 0.3 is 0 Å². The van der Waals surface area contributed by atoms with Gasteiger partial charge in [0.15, 0.2) is 0 Å². The topological polar surface area (TPSA) is 84.3 Å². The molecule has 0 aliphatic carbocycles. The van der Waals surface area contributed by atoms with Gasteiger partial charge in [0.2, 0.25) is 10.0 Å². The Hall–Kier alpha value is -3.62. The smallest absolute Gasteiger partial charge is 0.251 e. The molecular formula is C26H25ClN4O3S. The Morgan fingerprint density at radius 1 is 1.03 bits per heavy atom. The van der Waals surface area contributed by atoms with Crippen LogP contribution < -0.4 is 9.62 Å². The third kappa shape index (κ3) is 6.09. The number of aryl methyl sites for hydroxylation is 1. The van der Waals surface area contributed by atoms with E-state index in [-0.39, 0.29) is 12.5 Å². The van der Waals surface area contributed by atoms with E-state index in [1.165, 1.54) is 4.31 Å². The normalized spacial score (nSPS) is 11.3. The second kappa shape index (κ2) is 10.3. The molecule has 180 valence electrons. The summed E-state index contributed by atoms with van der Waals surface area (Å²) in [6.07, 6.45) is 4.81. The second-order valence-corrected chi connectivity index (χ2v) is 10.5. The molecule has 0 saturated heterocycles. The minimum atomic E-state index is -3.53. The third-order valence-electron chi connectivity index (χ3n) is 5.53. The van der Waals surface area contributed by atoms with Crippen molar-refractivity contribution in [3.63, 3.8) is 0 Å². The van der Waals surface area contributed by atoms with Crippen LogP contribution in [0.5, 0.6) is 0 Å². The summed E-state index contributed by atoms with van der Waals surface area (Å²) < 4.78 is 28.0. The summed E-state index contributed by atoms with van der Waals surface area (Å²) in [6.45, 7) is 2.46. The lowest BCUT2D eigenvalue weighted by molar-refractivity contribution is 0.0951. The van der Waals surface area contributed by atoms with Gasteiger partial charge in [0.25, 0.3) is 5.91 Å². The van der Waals surface area contributed by atoms with Crippen LogP contribution in [0.4, 0.5) is 5.69 Å². The van der Waals surface area contributed by atoms with E-state index in [4.69, 9.17) is 11.6 Å². The number of benzene rings is 3. The van der Waals surface area contributed by atoms with Gasteiger partial charge in [-0.15, -0.1) is 0 Å². The molecule has 0 aliphatic heterocycles. The maximum absolute atomic E-state index is 12.6. The van der Waals surface area contributed by atoms with Crippen molar-refractivity contribution in [2.75, 3.05) is 10.6 Å². The number of halogens is 1. The number of amides is 1. The summed E-state index contributed by atoms with van der Waals surface area (Å²) >= 11 is 6.04. The maximum Gasteiger partial charge on any atom is 0.251 e. The van der Waals surface area contributed by atoms with Crippen LogP contribution in [0, 0.1) is 6.92 Å². The van der Waals surface area contributed by atoms with Gasteiger partial charge < -0.3 is 9.88 Å². The zero-order valence-electron chi connectivity index (χ0n) is 19.3. The lowest BCUT2D eigenvalue weighted by Crippen LogP contribution is -2.29. The average Bonchev–Trinajstić information content (AvgIpc) is 3.26. The van der Waals surface area contributed by atoms with Crippen LogP contribution in [0.15, 0.2) is 85.2 Å². The van der Waals surface area contributed by atoms with Crippen LogP contribution in [-0.4, -0.2) is 30.1 Å². The monoisotopic (exact) mass is 508 g/mol. The standard InChI is InChI=1S/C26H25ClN4O3S/c1-19-28-14-15-30(19)24-12-8-20(9-13-24)17-29-26(32)22-10-6-21(7-11-22)18-31(35(2,33)34)25-5-3-4-23(27)16-25/h3-16H,17-18H2,1-2H3,(H,29,32). The Balaban J connectivity index is 1.39. The van der Waals surface area contributed by atoms with Gasteiger partial charge in [-0.05, 0) is 60.5 Å². The fraction of sp³-hybridized carbons (Fsp3) is 0.154. The highest BCUT2D eigenvalue weighted by atomic mass is 35.5. The molecule has 1 heterocycles. The number of rotatable bonds is 8. The quantitative estimate of drug-likeness (QED) is 0.373. The fourth-order valence-electron chi connectivity index (χ4n) is 3.67. The van der Waals surface area contributed by atoms with E-state index < -0.39 is 10.0 Å². The van der Waals surface area contributed by atoms with E-state index >= 15 is 0 Å². The van der Waals surface area contributed by atoms with Gasteiger partial charge in [0.1, 0.15) is 5.82 Å². The predicted molar refractivity (Wildman–Crippen MR) is 138 cm³/mol. The Bertz CT molecular complexity index is 1430. The molecule has 35 heavy (non-hydrogen) atoms. The molecule has 3 aromatic carbocycles. The zero-order chi connectivity index (χ0) is 25.0. The van der Waals surface area contributed by atoms with E-state index in [2.05, 4.69) is 10.3 Å². The van der Waals surface area contributed by atoms with E-state index in [0.717, 1.165) is 28.9 Å². The molecule has 7 nitrogen and oxygen atoms in total. The molecule has 0 bridgehead atoms. The van der Waals surface area contributed by atoms with Gasteiger partial charge in [0, 0.05) is 35.2 Å². The number of carbonyl (C=O) groups is 1. The molecule has 0 saturated carbocycles. The number of aromatic nitrogens is 2. The first kappa shape index (κ1) is 24.5. The van der Waals surface area contributed by atoms with E-state index in [1.54, 1.807) is 54.7 Å². The van der Waals surface area contributed by atoms with Crippen molar-refractivity contribution in [2.45, 2.75) is 20.0 Å². The summed E-state index contributed by atoms with van der Waals surface area (Å²) in [7, 11) is -3.53. The van der Waals surface area contributed by atoms with Crippen LogP contribution in [-0.2, 0) is 23.1 Å². The number of imidazole rings is 1. The van der Waals surface area contributed by atoms with Gasteiger partial charge in [-0.25, -0.2) is 13.4 Å². The molecule has 9 heteroatoms. The molecule has 0 aliphatic rings. The molecule has 4 aromatic rings. The van der Waals surface area contributed by atoms with Crippen LogP contribution in [0.3, 0.4) is 0 Å². The Morgan fingerprint density at radius 3 is 2.31 bits per heavy atom. The number of hydrogen-bond acceptors (Lipinski definition) is 4. The highest BCUT2D eigenvalue weighted by Gasteiger charge is 2.18. The highest BCUT2D eigenvalue weighted by Crippen LogP contribution is 2.24. The van der Waals surface area contributed by atoms with Crippen molar-refractivity contribution in [3.8, 4) is 5.69 Å². The molecule has 4 rings (SSSR count). The van der Waals surface area contributed by atoms with Crippen molar-refractivity contribution in [1.82, 2.24) is 14.9 Å². The summed E-state index contributed by atoms with van der Waals surface area (Å²) in [5.41, 5.74) is 3.70. The van der Waals surface area contributed by atoms with Crippen LogP contribution >= 0.6 is 11.6 Å². The van der Waals surface area contributed by atoms with Gasteiger partial charge in [-0.2, -0.15) is 0 Å². The molecule has 0 fully saturated rings. The molecule has 0 radical (unpaired) electrons. The Labute approximate surface area is 210 Å². The van der Waals surface area contributed by atoms with Gasteiger partial charge in [-0.1, -0.05) is 41.9 Å². The van der Waals surface area contributed by atoms with E-state index in [9.17, 15) is 13.2 Å². The largest absolute Gasteiger partial charge is 0.348 e. The summed E-state index contributed by atoms with van der Waals surface area (Å²) in [5.74, 6) is 0.697. The summed E-state index contributed by atoms with van der Waals surface area (Å²) in [5, 5.41) is 3.37. The second-order valence-electron chi connectivity index (χ2n) is 8.14. The zero-order valence-corrected chi connectivity index (χ0v) is 20.9. The number of nitrogens with one attached hydrogen (secondary N) is 1. The molecular weight excluding hydrogens is 484 g/mol. The van der Waals surface area contributed by atoms with Crippen molar-refractivity contribution in [2.24, 2.45) is 0 Å². The lowest BCUT2D eigenvalue weighted by Gasteiger charge is -2.22. The first-order valence-electron chi connectivity index (χ1n) is 10.9. The van der Waals surface area contributed by atoms with Crippen molar-refractivity contribution >= 4 is 33.2 Å². The lowest BCUT2D eigenvalue weighted by atomic mass is 10.1. The number of carbonyl (C=O) groups excluding carboxylic acids is 1. The van der Waals surface area contributed by atoms with Crippen LogP contribution in [0.25, 0.3) is 5.69 Å². The molecule has 0 spiro atoms. The highest BCUT2D eigenvalue weighted by molar-refractivity contribution is 7.92.